The smallest absolute Gasteiger partial charge is 0.129 e. The van der Waals surface area contributed by atoms with Gasteiger partial charge < -0.3 is 15.2 Å². The lowest BCUT2D eigenvalue weighted by Crippen LogP contribution is -2.23. The monoisotopic (exact) mass is 325 g/mol. The summed E-state index contributed by atoms with van der Waals surface area (Å²) in [5, 5.41) is 12.3. The number of aliphatic hydroxyl groups excluding tert-OH is 1. The van der Waals surface area contributed by atoms with Crippen LogP contribution in [0, 0.1) is 5.82 Å². The average Bonchev–Trinajstić information content (AvgIpc) is 2.46. The highest BCUT2D eigenvalue weighted by atomic mass is 35.5. The highest BCUT2D eigenvalue weighted by Crippen LogP contribution is 2.16. The molecule has 0 radical (unpaired) electrons. The Kier molecular flexibility index (Phi) is 7.88. The lowest BCUT2D eigenvalue weighted by atomic mass is 10.2. The molecule has 120 valence electrons. The largest absolute Gasteiger partial charge is 0.489 e. The van der Waals surface area contributed by atoms with E-state index in [1.54, 1.807) is 25.1 Å². The van der Waals surface area contributed by atoms with E-state index in [1.807, 2.05) is 24.3 Å². The summed E-state index contributed by atoms with van der Waals surface area (Å²) in [7, 11) is 0. The molecule has 3 nitrogen and oxygen atoms in total. The number of nitrogens with one attached hydrogen (secondary N) is 1. The SMILES string of the molecule is CC(O)CNCc1cccc(OCc2ccccc2F)c1.Cl. The highest BCUT2D eigenvalue weighted by Gasteiger charge is 2.03. The first-order valence-corrected chi connectivity index (χ1v) is 6.99. The molecule has 0 amide bonds. The van der Waals surface area contributed by atoms with Crippen LogP contribution in [-0.2, 0) is 13.2 Å². The van der Waals surface area contributed by atoms with Gasteiger partial charge in [-0.05, 0) is 30.7 Å². The predicted octanol–water partition coefficient (Wildman–Crippen LogP) is 3.30. The Labute approximate surface area is 136 Å². The first kappa shape index (κ1) is 18.4. The molecule has 2 aromatic rings. The molecule has 2 aromatic carbocycles. The lowest BCUT2D eigenvalue weighted by Gasteiger charge is -2.10. The minimum Gasteiger partial charge on any atom is -0.489 e. The van der Waals surface area contributed by atoms with Crippen molar-refractivity contribution in [3.05, 3.63) is 65.5 Å². The zero-order valence-electron chi connectivity index (χ0n) is 12.5. The molecule has 0 saturated heterocycles. The van der Waals surface area contributed by atoms with Gasteiger partial charge in [0.2, 0.25) is 0 Å². The molecule has 0 aromatic heterocycles. The quantitative estimate of drug-likeness (QED) is 0.820. The second kappa shape index (κ2) is 9.41. The van der Waals surface area contributed by atoms with E-state index in [9.17, 15) is 9.50 Å². The Morgan fingerprint density at radius 1 is 1.18 bits per heavy atom. The summed E-state index contributed by atoms with van der Waals surface area (Å²) in [5.41, 5.74) is 1.59. The zero-order valence-corrected chi connectivity index (χ0v) is 13.3. The van der Waals surface area contributed by atoms with Crippen LogP contribution >= 0.6 is 12.4 Å². The predicted molar refractivity (Wildman–Crippen MR) is 87.8 cm³/mol. The Balaban J connectivity index is 0.00000242. The Morgan fingerprint density at radius 3 is 2.68 bits per heavy atom. The van der Waals surface area contributed by atoms with Gasteiger partial charge in [-0.15, -0.1) is 12.4 Å². The van der Waals surface area contributed by atoms with Crippen LogP contribution in [0.15, 0.2) is 48.5 Å². The van der Waals surface area contributed by atoms with E-state index < -0.39 is 0 Å². The average molecular weight is 326 g/mol. The molecule has 0 heterocycles. The Bertz CT molecular complexity index is 578. The number of aliphatic hydroxyl groups is 1. The van der Waals surface area contributed by atoms with Crippen molar-refractivity contribution in [2.24, 2.45) is 0 Å². The fraction of sp³-hybridized carbons (Fsp3) is 0.294. The fourth-order valence-electron chi connectivity index (χ4n) is 1.95. The molecule has 2 rings (SSSR count). The van der Waals surface area contributed by atoms with E-state index >= 15 is 0 Å². The van der Waals surface area contributed by atoms with Gasteiger partial charge in [-0.2, -0.15) is 0 Å². The van der Waals surface area contributed by atoms with Crippen molar-refractivity contribution >= 4 is 12.4 Å². The molecule has 0 aliphatic rings. The number of ether oxygens (including phenoxy) is 1. The Morgan fingerprint density at radius 2 is 1.95 bits per heavy atom. The van der Waals surface area contributed by atoms with Gasteiger partial charge in [0.15, 0.2) is 0 Å². The van der Waals surface area contributed by atoms with Gasteiger partial charge in [0.1, 0.15) is 18.2 Å². The molecule has 22 heavy (non-hydrogen) atoms. The molecule has 1 unspecified atom stereocenters. The maximum absolute atomic E-state index is 13.5. The maximum atomic E-state index is 13.5. The van der Waals surface area contributed by atoms with Crippen molar-refractivity contribution in [3.63, 3.8) is 0 Å². The Hall–Kier alpha value is -1.62. The molecule has 2 N–H and O–H groups in total. The maximum Gasteiger partial charge on any atom is 0.129 e. The van der Waals surface area contributed by atoms with Crippen LogP contribution < -0.4 is 10.1 Å². The van der Waals surface area contributed by atoms with Crippen molar-refractivity contribution in [2.45, 2.75) is 26.2 Å². The third-order valence-electron chi connectivity index (χ3n) is 3.02. The lowest BCUT2D eigenvalue weighted by molar-refractivity contribution is 0.191. The molecule has 5 heteroatoms. The summed E-state index contributed by atoms with van der Waals surface area (Å²) in [4.78, 5) is 0. The molecule has 0 aliphatic carbocycles. The van der Waals surface area contributed by atoms with Crippen LogP contribution in [0.4, 0.5) is 4.39 Å². The molecule has 0 saturated carbocycles. The summed E-state index contributed by atoms with van der Waals surface area (Å²) in [6.07, 6.45) is -0.370. The van der Waals surface area contributed by atoms with E-state index in [0.29, 0.717) is 24.4 Å². The number of hydrogen-bond acceptors (Lipinski definition) is 3. The van der Waals surface area contributed by atoms with Gasteiger partial charge in [0, 0.05) is 18.7 Å². The molecule has 0 bridgehead atoms. The van der Waals surface area contributed by atoms with Crippen molar-refractivity contribution in [2.75, 3.05) is 6.54 Å². The van der Waals surface area contributed by atoms with Crippen LogP contribution in [-0.4, -0.2) is 17.8 Å². The van der Waals surface area contributed by atoms with Crippen LogP contribution in [0.25, 0.3) is 0 Å². The molecule has 0 aliphatic heterocycles. The van der Waals surface area contributed by atoms with E-state index in [2.05, 4.69) is 5.32 Å². The summed E-state index contributed by atoms with van der Waals surface area (Å²) in [5.74, 6) is 0.446. The van der Waals surface area contributed by atoms with Crippen LogP contribution in [0.1, 0.15) is 18.1 Å². The number of rotatable bonds is 7. The van der Waals surface area contributed by atoms with Crippen LogP contribution in [0.3, 0.4) is 0 Å². The third kappa shape index (κ3) is 6.02. The second-order valence-corrected chi connectivity index (χ2v) is 5.01. The number of hydrogen-bond donors (Lipinski definition) is 2. The fourth-order valence-corrected chi connectivity index (χ4v) is 1.95. The highest BCUT2D eigenvalue weighted by molar-refractivity contribution is 5.85. The molecular weight excluding hydrogens is 305 g/mol. The number of benzene rings is 2. The van der Waals surface area contributed by atoms with Gasteiger partial charge in [0.05, 0.1) is 6.10 Å². The normalized spacial score (nSPS) is 11.6. The van der Waals surface area contributed by atoms with Crippen molar-refractivity contribution < 1.29 is 14.2 Å². The van der Waals surface area contributed by atoms with Crippen molar-refractivity contribution in [1.29, 1.82) is 0 Å². The summed E-state index contributed by atoms with van der Waals surface area (Å²) < 4.78 is 19.1. The van der Waals surface area contributed by atoms with Gasteiger partial charge in [-0.3, -0.25) is 0 Å². The second-order valence-electron chi connectivity index (χ2n) is 5.01. The van der Waals surface area contributed by atoms with E-state index in [4.69, 9.17) is 4.74 Å². The van der Waals surface area contributed by atoms with Crippen molar-refractivity contribution in [1.82, 2.24) is 5.32 Å². The zero-order chi connectivity index (χ0) is 15.1. The van der Waals surface area contributed by atoms with Crippen LogP contribution in [0.2, 0.25) is 0 Å². The van der Waals surface area contributed by atoms with E-state index in [-0.39, 0.29) is 30.9 Å². The summed E-state index contributed by atoms with van der Waals surface area (Å²) in [6, 6.07) is 14.2. The summed E-state index contributed by atoms with van der Waals surface area (Å²) in [6.45, 7) is 3.14. The molecular formula is C17H21ClFNO2. The topological polar surface area (TPSA) is 41.5 Å². The van der Waals surface area contributed by atoms with E-state index in [1.165, 1.54) is 6.07 Å². The standard InChI is InChI=1S/C17H20FNO2.ClH/c1-13(20)10-19-11-14-5-4-7-16(9-14)21-12-15-6-2-3-8-17(15)18;/h2-9,13,19-20H,10-12H2,1H3;1H. The van der Waals surface area contributed by atoms with Crippen LogP contribution in [0.5, 0.6) is 5.75 Å². The van der Waals surface area contributed by atoms with Gasteiger partial charge in [0.25, 0.3) is 0 Å². The van der Waals surface area contributed by atoms with Gasteiger partial charge >= 0.3 is 0 Å². The first-order valence-electron chi connectivity index (χ1n) is 6.99. The van der Waals surface area contributed by atoms with E-state index in [0.717, 1.165) is 5.56 Å². The van der Waals surface area contributed by atoms with Gasteiger partial charge in [-0.25, -0.2) is 4.39 Å². The minimum atomic E-state index is -0.370. The number of halogens is 2. The molecule has 0 spiro atoms. The minimum absolute atomic E-state index is 0. The molecule has 0 fully saturated rings. The molecule has 1 atom stereocenters. The first-order chi connectivity index (χ1) is 10.1. The summed E-state index contributed by atoms with van der Waals surface area (Å²) >= 11 is 0. The van der Waals surface area contributed by atoms with Gasteiger partial charge in [-0.1, -0.05) is 30.3 Å². The van der Waals surface area contributed by atoms with Crippen molar-refractivity contribution in [3.8, 4) is 5.75 Å². The third-order valence-corrected chi connectivity index (χ3v) is 3.02.